The molecule has 5 heteroatoms. The number of anilines is 1. The summed E-state index contributed by atoms with van der Waals surface area (Å²) in [6.07, 6.45) is 0. The van der Waals surface area contributed by atoms with Crippen LogP contribution in [0.25, 0.3) is 0 Å². The van der Waals surface area contributed by atoms with Crippen molar-refractivity contribution < 1.29 is 8.42 Å². The van der Waals surface area contributed by atoms with Gasteiger partial charge in [0.1, 0.15) is 0 Å². The fourth-order valence-corrected chi connectivity index (χ4v) is 3.98. The molecule has 0 saturated carbocycles. The van der Waals surface area contributed by atoms with Gasteiger partial charge in [-0.1, -0.05) is 18.2 Å². The van der Waals surface area contributed by atoms with Crippen LogP contribution in [0.1, 0.15) is 13.8 Å². The molecule has 0 unspecified atom stereocenters. The highest BCUT2D eigenvalue weighted by Gasteiger charge is 2.29. The number of nitrogens with zero attached hydrogens (tertiary/aromatic N) is 2. The van der Waals surface area contributed by atoms with E-state index >= 15 is 0 Å². The molecule has 0 atom stereocenters. The molecule has 1 aromatic rings. The predicted molar refractivity (Wildman–Crippen MR) is 74.3 cm³/mol. The van der Waals surface area contributed by atoms with E-state index in [2.05, 4.69) is 4.90 Å². The van der Waals surface area contributed by atoms with Crippen LogP contribution in [0.3, 0.4) is 0 Å². The number of hydrogen-bond donors (Lipinski definition) is 0. The summed E-state index contributed by atoms with van der Waals surface area (Å²) in [6, 6.07) is 10.0. The van der Waals surface area contributed by atoms with Gasteiger partial charge in [-0.15, -0.1) is 0 Å². The van der Waals surface area contributed by atoms with Crippen LogP contribution in [-0.4, -0.2) is 44.2 Å². The van der Waals surface area contributed by atoms with Crippen LogP contribution >= 0.6 is 0 Å². The second-order valence-corrected chi connectivity index (χ2v) is 6.88. The molecule has 0 amide bonds. The molecule has 1 heterocycles. The van der Waals surface area contributed by atoms with Gasteiger partial charge in [-0.25, -0.2) is 8.42 Å². The van der Waals surface area contributed by atoms with Crippen molar-refractivity contribution in [2.75, 3.05) is 30.3 Å². The summed E-state index contributed by atoms with van der Waals surface area (Å²) >= 11 is 0. The molecular formula is C13H20N2O2S. The Bertz CT molecular complexity index is 485. The summed E-state index contributed by atoms with van der Waals surface area (Å²) in [5, 5.41) is 0. The van der Waals surface area contributed by atoms with Crippen molar-refractivity contribution in [2.24, 2.45) is 0 Å². The summed E-state index contributed by atoms with van der Waals surface area (Å²) in [7, 11) is -3.11. The average molecular weight is 268 g/mol. The van der Waals surface area contributed by atoms with E-state index < -0.39 is 10.0 Å². The first-order chi connectivity index (χ1) is 8.50. The number of benzene rings is 1. The molecule has 0 aliphatic carbocycles. The Morgan fingerprint density at radius 1 is 1.06 bits per heavy atom. The van der Waals surface area contributed by atoms with E-state index in [1.165, 1.54) is 0 Å². The van der Waals surface area contributed by atoms with Crippen LogP contribution in [0.5, 0.6) is 0 Å². The van der Waals surface area contributed by atoms with Crippen LogP contribution in [0, 0.1) is 0 Å². The van der Waals surface area contributed by atoms with Crippen molar-refractivity contribution in [2.45, 2.75) is 19.9 Å². The standard InChI is InChI=1S/C13H20N2O2S/c1-12(2)15-9-8-14(10-11-18(15,16)17)13-6-4-3-5-7-13/h3-7,12H,8-11H2,1-2H3. The van der Waals surface area contributed by atoms with E-state index in [-0.39, 0.29) is 11.8 Å². The zero-order chi connectivity index (χ0) is 13.2. The molecule has 18 heavy (non-hydrogen) atoms. The van der Waals surface area contributed by atoms with Crippen molar-refractivity contribution in [1.29, 1.82) is 0 Å². The SMILES string of the molecule is CC(C)N1CCN(c2ccccc2)CCS1(=O)=O. The Labute approximate surface area is 109 Å². The van der Waals surface area contributed by atoms with E-state index in [1.54, 1.807) is 4.31 Å². The Morgan fingerprint density at radius 3 is 2.33 bits per heavy atom. The van der Waals surface area contributed by atoms with Gasteiger partial charge in [0.05, 0.1) is 5.75 Å². The Hall–Kier alpha value is -1.07. The van der Waals surface area contributed by atoms with E-state index in [4.69, 9.17) is 0 Å². The van der Waals surface area contributed by atoms with Gasteiger partial charge in [-0.05, 0) is 26.0 Å². The molecule has 2 rings (SSSR count). The van der Waals surface area contributed by atoms with Crippen LogP contribution in [-0.2, 0) is 10.0 Å². The lowest BCUT2D eigenvalue weighted by atomic mass is 10.3. The fraction of sp³-hybridized carbons (Fsp3) is 0.538. The fourth-order valence-electron chi connectivity index (χ4n) is 2.29. The van der Waals surface area contributed by atoms with Gasteiger partial charge in [0.15, 0.2) is 0 Å². The first-order valence-electron chi connectivity index (χ1n) is 6.30. The normalized spacial score (nSPS) is 20.9. The first-order valence-corrected chi connectivity index (χ1v) is 7.91. The maximum absolute atomic E-state index is 12.1. The highest BCUT2D eigenvalue weighted by molar-refractivity contribution is 7.89. The molecule has 1 aromatic carbocycles. The van der Waals surface area contributed by atoms with Gasteiger partial charge in [0.2, 0.25) is 10.0 Å². The van der Waals surface area contributed by atoms with Crippen molar-refractivity contribution >= 4 is 15.7 Å². The summed E-state index contributed by atoms with van der Waals surface area (Å²) in [5.41, 5.74) is 1.10. The van der Waals surface area contributed by atoms with Crippen LogP contribution in [0.4, 0.5) is 5.69 Å². The molecule has 0 spiro atoms. The third kappa shape index (κ3) is 2.84. The minimum atomic E-state index is -3.11. The summed E-state index contributed by atoms with van der Waals surface area (Å²) < 4.78 is 25.8. The van der Waals surface area contributed by atoms with Gasteiger partial charge in [0, 0.05) is 31.4 Å². The highest BCUT2D eigenvalue weighted by Crippen LogP contribution is 2.18. The smallest absolute Gasteiger partial charge is 0.216 e. The Morgan fingerprint density at radius 2 is 1.72 bits per heavy atom. The minimum Gasteiger partial charge on any atom is -0.369 e. The minimum absolute atomic E-state index is 0.0331. The van der Waals surface area contributed by atoms with Crippen LogP contribution in [0.2, 0.25) is 0 Å². The molecule has 100 valence electrons. The number of para-hydroxylation sites is 1. The zero-order valence-electron chi connectivity index (χ0n) is 10.9. The third-order valence-electron chi connectivity index (χ3n) is 3.26. The molecule has 0 N–H and O–H groups in total. The second-order valence-electron chi connectivity index (χ2n) is 4.84. The Kier molecular flexibility index (Phi) is 3.92. The number of hydrogen-bond acceptors (Lipinski definition) is 3. The lowest BCUT2D eigenvalue weighted by Crippen LogP contribution is -2.39. The lowest BCUT2D eigenvalue weighted by Gasteiger charge is -2.24. The molecule has 0 radical (unpaired) electrons. The van der Waals surface area contributed by atoms with E-state index in [0.29, 0.717) is 13.1 Å². The molecule has 1 aliphatic rings. The number of rotatable bonds is 2. The van der Waals surface area contributed by atoms with Crippen LogP contribution < -0.4 is 4.90 Å². The summed E-state index contributed by atoms with van der Waals surface area (Å²) in [4.78, 5) is 2.14. The maximum atomic E-state index is 12.1. The molecule has 1 fully saturated rings. The molecule has 0 aromatic heterocycles. The molecular weight excluding hydrogens is 248 g/mol. The summed E-state index contributed by atoms with van der Waals surface area (Å²) in [5.74, 6) is 0.195. The molecule has 4 nitrogen and oxygen atoms in total. The largest absolute Gasteiger partial charge is 0.369 e. The van der Waals surface area contributed by atoms with Gasteiger partial charge < -0.3 is 4.90 Å². The summed E-state index contributed by atoms with van der Waals surface area (Å²) in [6.45, 7) is 5.73. The van der Waals surface area contributed by atoms with Crippen molar-refractivity contribution in [1.82, 2.24) is 4.31 Å². The zero-order valence-corrected chi connectivity index (χ0v) is 11.7. The first kappa shape index (κ1) is 13.4. The van der Waals surface area contributed by atoms with E-state index in [1.807, 2.05) is 44.2 Å². The van der Waals surface area contributed by atoms with Crippen molar-refractivity contribution in [3.8, 4) is 0 Å². The van der Waals surface area contributed by atoms with Crippen molar-refractivity contribution in [3.05, 3.63) is 30.3 Å². The topological polar surface area (TPSA) is 40.6 Å². The van der Waals surface area contributed by atoms with Crippen molar-refractivity contribution in [3.63, 3.8) is 0 Å². The monoisotopic (exact) mass is 268 g/mol. The van der Waals surface area contributed by atoms with Gasteiger partial charge in [0.25, 0.3) is 0 Å². The van der Waals surface area contributed by atoms with E-state index in [9.17, 15) is 8.42 Å². The van der Waals surface area contributed by atoms with E-state index in [0.717, 1.165) is 12.2 Å². The average Bonchev–Trinajstić information content (AvgIpc) is 2.48. The third-order valence-corrected chi connectivity index (χ3v) is 5.28. The molecule has 1 aliphatic heterocycles. The quantitative estimate of drug-likeness (QED) is 0.817. The van der Waals surface area contributed by atoms with Gasteiger partial charge in [-0.2, -0.15) is 4.31 Å². The predicted octanol–water partition coefficient (Wildman–Crippen LogP) is 1.55. The second kappa shape index (κ2) is 5.28. The number of sulfonamides is 1. The van der Waals surface area contributed by atoms with Crippen LogP contribution in [0.15, 0.2) is 30.3 Å². The van der Waals surface area contributed by atoms with Gasteiger partial charge >= 0.3 is 0 Å². The maximum Gasteiger partial charge on any atom is 0.216 e. The Balaban J connectivity index is 2.18. The molecule has 0 bridgehead atoms. The van der Waals surface area contributed by atoms with Gasteiger partial charge in [-0.3, -0.25) is 0 Å². The molecule has 1 saturated heterocycles. The lowest BCUT2D eigenvalue weighted by molar-refractivity contribution is 0.366. The highest BCUT2D eigenvalue weighted by atomic mass is 32.2.